The third-order valence-corrected chi connectivity index (χ3v) is 14.9. The molecule has 3 aromatic rings. The maximum absolute atomic E-state index is 15.3. The van der Waals surface area contributed by atoms with Crippen molar-refractivity contribution in [3.05, 3.63) is 127 Å². The normalized spacial score (nSPS) is 26.3. The van der Waals surface area contributed by atoms with Gasteiger partial charge in [0.1, 0.15) is 16.9 Å². The van der Waals surface area contributed by atoms with Gasteiger partial charge in [-0.3, -0.25) is 4.79 Å². The minimum atomic E-state index is -1.42. The zero-order valence-electron chi connectivity index (χ0n) is 37.9. The van der Waals surface area contributed by atoms with Gasteiger partial charge < -0.3 is 23.7 Å². The smallest absolute Gasteiger partial charge is 0.348 e. The number of halogens is 2. The van der Waals surface area contributed by atoms with E-state index in [4.69, 9.17) is 23.7 Å². The standard InChI is InChI=1S/C52H58Br2O9/c1-30(2)11-18-35-28-51-29-36(19-12-31(3)4)50(9,10)61-44(51)42(47(58)62-52(51)41(49(35,7)8)25-26-48(5,6)63-52)43(55)34-17-24-39(59-45(56)32-13-20-37(53)21-14-32)40(27-34)60-46(57)33-15-22-38(54)23-16-33/h11-17,20-24,27,35-36,41H,18-19,25-26,28-29H2,1-10H3/t35-,36+,41-,51+,52-/m1/s1. The Kier molecular flexibility index (Phi) is 12.8. The lowest BCUT2D eigenvalue weighted by molar-refractivity contribution is -0.407. The highest BCUT2D eigenvalue weighted by molar-refractivity contribution is 9.10. The summed E-state index contributed by atoms with van der Waals surface area (Å²) in [6, 6.07) is 17.4. The second-order valence-corrected chi connectivity index (χ2v) is 21.8. The molecule has 0 unspecified atom stereocenters. The quantitative estimate of drug-likeness (QED) is 0.0644. The summed E-state index contributed by atoms with van der Waals surface area (Å²) in [5.41, 5.74) is -0.115. The Balaban J connectivity index is 1.41. The molecule has 334 valence electrons. The van der Waals surface area contributed by atoms with Crippen LogP contribution in [0.5, 0.6) is 11.5 Å². The second kappa shape index (κ2) is 17.2. The van der Waals surface area contributed by atoms with Gasteiger partial charge in [0.05, 0.1) is 22.1 Å². The number of ether oxygens (including phenoxy) is 5. The molecule has 7 rings (SSSR count). The summed E-state index contributed by atoms with van der Waals surface area (Å²) >= 11 is 6.78. The number of benzene rings is 3. The van der Waals surface area contributed by atoms with Crippen LogP contribution < -0.4 is 9.47 Å². The van der Waals surface area contributed by atoms with Crippen LogP contribution in [0.1, 0.15) is 139 Å². The molecule has 1 aliphatic carbocycles. The molecule has 11 heteroatoms. The van der Waals surface area contributed by atoms with Crippen LogP contribution >= 0.6 is 31.9 Å². The van der Waals surface area contributed by atoms with E-state index in [9.17, 15) is 9.59 Å². The number of hydrogen-bond acceptors (Lipinski definition) is 9. The molecule has 3 aromatic carbocycles. The first-order valence-electron chi connectivity index (χ1n) is 21.8. The molecule has 2 spiro atoms. The average Bonchev–Trinajstić information content (AvgIpc) is 3.19. The van der Waals surface area contributed by atoms with E-state index < -0.39 is 46.1 Å². The number of carbonyl (C=O) groups is 4. The zero-order chi connectivity index (χ0) is 45.9. The third-order valence-electron chi connectivity index (χ3n) is 13.8. The maximum Gasteiger partial charge on any atom is 0.348 e. The first-order chi connectivity index (χ1) is 29.5. The molecule has 3 heterocycles. The van der Waals surface area contributed by atoms with Gasteiger partial charge in [0.25, 0.3) is 0 Å². The SMILES string of the molecule is CC(C)=CC[C@H]1C[C@]23C[C@@H](CC=C(C)C)C(C)(C)[C@H]4CCC(C)(C)O[C@]42OC(=O)C(C(=O)c2ccc(OC(=O)c4ccc(Br)cc4)c(OC(=O)c4ccc(Br)cc4)c2)=C3OC1(C)C. The molecular weight excluding hydrogens is 928 g/mol. The summed E-state index contributed by atoms with van der Waals surface area (Å²) in [7, 11) is 0. The van der Waals surface area contributed by atoms with Crippen LogP contribution in [0.3, 0.4) is 0 Å². The fourth-order valence-corrected chi connectivity index (χ4v) is 10.7. The van der Waals surface area contributed by atoms with E-state index in [1.807, 2.05) is 27.7 Å². The first kappa shape index (κ1) is 46.7. The van der Waals surface area contributed by atoms with E-state index in [1.54, 1.807) is 48.5 Å². The van der Waals surface area contributed by atoms with E-state index in [0.717, 1.165) is 34.6 Å². The summed E-state index contributed by atoms with van der Waals surface area (Å²) < 4.78 is 34.6. The van der Waals surface area contributed by atoms with Crippen molar-refractivity contribution in [3.8, 4) is 11.5 Å². The van der Waals surface area contributed by atoms with E-state index in [2.05, 4.69) is 85.6 Å². The van der Waals surface area contributed by atoms with Crippen LogP contribution in [-0.2, 0) is 19.0 Å². The van der Waals surface area contributed by atoms with Gasteiger partial charge >= 0.3 is 17.9 Å². The fourth-order valence-electron chi connectivity index (χ4n) is 10.2. The lowest BCUT2D eigenvalue weighted by atomic mass is 9.44. The Bertz CT molecular complexity index is 2410. The molecule has 3 fully saturated rings. The lowest BCUT2D eigenvalue weighted by Gasteiger charge is -2.70. The van der Waals surface area contributed by atoms with Crippen molar-refractivity contribution in [2.45, 2.75) is 125 Å². The predicted molar refractivity (Wildman–Crippen MR) is 248 cm³/mol. The second-order valence-electron chi connectivity index (χ2n) is 19.9. The molecule has 0 radical (unpaired) electrons. The Morgan fingerprint density at radius 3 is 1.76 bits per heavy atom. The molecule has 9 nitrogen and oxygen atoms in total. The van der Waals surface area contributed by atoms with Crippen molar-refractivity contribution >= 4 is 55.6 Å². The highest BCUT2D eigenvalue weighted by Gasteiger charge is 2.77. The van der Waals surface area contributed by atoms with Gasteiger partial charge in [-0.25, -0.2) is 14.4 Å². The predicted octanol–water partition coefficient (Wildman–Crippen LogP) is 13.1. The highest BCUT2D eigenvalue weighted by atomic mass is 79.9. The number of ketones is 1. The Labute approximate surface area is 388 Å². The van der Waals surface area contributed by atoms with Crippen molar-refractivity contribution in [3.63, 3.8) is 0 Å². The van der Waals surface area contributed by atoms with Crippen molar-refractivity contribution < 1.29 is 42.9 Å². The Morgan fingerprint density at radius 1 is 0.698 bits per heavy atom. The number of Topliss-reactive ketones (excluding diaryl/α,β-unsaturated/α-hetero) is 1. The lowest BCUT2D eigenvalue weighted by Crippen LogP contribution is -2.74. The van der Waals surface area contributed by atoms with Crippen LogP contribution in [0, 0.1) is 28.6 Å². The van der Waals surface area contributed by atoms with Gasteiger partial charge in [-0.2, -0.15) is 0 Å². The molecule has 63 heavy (non-hydrogen) atoms. The van der Waals surface area contributed by atoms with Gasteiger partial charge in [-0.15, -0.1) is 0 Å². The van der Waals surface area contributed by atoms with Crippen molar-refractivity contribution in [1.82, 2.24) is 0 Å². The van der Waals surface area contributed by atoms with E-state index in [1.165, 1.54) is 29.3 Å². The number of allylic oxidation sites excluding steroid dienone is 4. The number of rotatable bonds is 10. The third kappa shape index (κ3) is 8.91. The minimum Gasteiger partial charge on any atom is -0.490 e. The maximum atomic E-state index is 15.3. The van der Waals surface area contributed by atoms with Gasteiger partial charge in [-0.05, 0) is 172 Å². The number of carbonyl (C=O) groups excluding carboxylic acids is 4. The molecule has 3 aliphatic heterocycles. The molecule has 4 aliphatic rings. The summed E-state index contributed by atoms with van der Waals surface area (Å²) in [6.45, 7) is 21.1. The summed E-state index contributed by atoms with van der Waals surface area (Å²) in [4.78, 5) is 57.4. The van der Waals surface area contributed by atoms with Crippen molar-refractivity contribution in [2.75, 3.05) is 0 Å². The minimum absolute atomic E-state index is 0.00865. The largest absolute Gasteiger partial charge is 0.490 e. The fraction of sp³-hybridized carbons (Fsp3) is 0.462. The first-order valence-corrected chi connectivity index (χ1v) is 23.4. The Morgan fingerprint density at radius 2 is 1.21 bits per heavy atom. The molecule has 0 amide bonds. The Hall–Kier alpha value is -4.32. The van der Waals surface area contributed by atoms with Crippen LogP contribution in [0.2, 0.25) is 0 Å². The van der Waals surface area contributed by atoms with Gasteiger partial charge in [0.15, 0.2) is 11.5 Å². The van der Waals surface area contributed by atoms with Crippen LogP contribution in [0.4, 0.5) is 0 Å². The molecule has 0 aromatic heterocycles. The topological polar surface area (TPSA) is 114 Å². The molecule has 2 saturated heterocycles. The van der Waals surface area contributed by atoms with E-state index >= 15 is 9.59 Å². The van der Waals surface area contributed by atoms with Gasteiger partial charge in [-0.1, -0.05) is 69.0 Å². The van der Waals surface area contributed by atoms with E-state index in [0.29, 0.717) is 18.6 Å². The average molecular weight is 987 g/mol. The molecular formula is C52H58Br2O9. The highest BCUT2D eigenvalue weighted by Crippen LogP contribution is 2.72. The van der Waals surface area contributed by atoms with Crippen molar-refractivity contribution in [1.29, 1.82) is 0 Å². The molecule has 1 saturated carbocycles. The molecule has 0 N–H and O–H groups in total. The van der Waals surface area contributed by atoms with E-state index in [-0.39, 0.29) is 56.9 Å². The summed E-state index contributed by atoms with van der Waals surface area (Å²) in [6.07, 6.45) is 8.67. The summed E-state index contributed by atoms with van der Waals surface area (Å²) in [5.74, 6) is -4.49. The van der Waals surface area contributed by atoms with Crippen LogP contribution in [-0.4, -0.2) is 40.7 Å². The van der Waals surface area contributed by atoms with Crippen LogP contribution in [0.15, 0.2) is 110 Å². The van der Waals surface area contributed by atoms with Crippen LogP contribution in [0.25, 0.3) is 0 Å². The number of hydrogen-bond donors (Lipinski definition) is 0. The number of esters is 3. The van der Waals surface area contributed by atoms with Crippen molar-refractivity contribution in [2.24, 2.45) is 28.6 Å². The van der Waals surface area contributed by atoms with Gasteiger partial charge in [0.2, 0.25) is 11.6 Å². The van der Waals surface area contributed by atoms with Gasteiger partial charge in [0, 0.05) is 26.3 Å². The monoisotopic (exact) mass is 984 g/mol. The molecule has 5 atom stereocenters. The molecule has 0 bridgehead atoms. The summed E-state index contributed by atoms with van der Waals surface area (Å²) in [5, 5.41) is 0. The zero-order valence-corrected chi connectivity index (χ0v) is 41.1.